The molecule has 0 saturated heterocycles. The minimum atomic E-state index is -0.632. The van der Waals surface area contributed by atoms with Crippen LogP contribution in [0.25, 0.3) is 10.9 Å². The number of carbonyl (C=O) groups is 2. The monoisotopic (exact) mass is 415 g/mol. The van der Waals surface area contributed by atoms with Gasteiger partial charge in [0.2, 0.25) is 5.88 Å². The fraction of sp³-hybridized carbons (Fsp3) is 0.125. The molecule has 0 saturated carbocycles. The molecular formula is C24H21N3O4. The molecule has 0 fully saturated rings. The summed E-state index contributed by atoms with van der Waals surface area (Å²) in [6.45, 7) is 0. The summed E-state index contributed by atoms with van der Waals surface area (Å²) >= 11 is 0. The van der Waals surface area contributed by atoms with Crippen LogP contribution < -0.4 is 10.1 Å². The van der Waals surface area contributed by atoms with Gasteiger partial charge in [0.05, 0.1) is 19.8 Å². The van der Waals surface area contributed by atoms with Crippen molar-refractivity contribution in [2.75, 3.05) is 19.5 Å². The van der Waals surface area contributed by atoms with Gasteiger partial charge in [-0.15, -0.1) is 0 Å². The van der Waals surface area contributed by atoms with Gasteiger partial charge in [-0.25, -0.2) is 9.78 Å². The smallest absolute Gasteiger partial charge is 0.337 e. The normalized spacial score (nSPS) is 11.7. The molecule has 7 heteroatoms. The lowest BCUT2D eigenvalue weighted by atomic mass is 9.96. The van der Waals surface area contributed by atoms with Crippen molar-refractivity contribution in [3.05, 3.63) is 89.7 Å². The summed E-state index contributed by atoms with van der Waals surface area (Å²) in [4.78, 5) is 32.7. The second kappa shape index (κ2) is 8.71. The number of rotatable bonds is 7. The molecule has 0 aliphatic carbocycles. The number of Topliss-reactive ketones (excluding diaryl/α,β-unsaturated/α-hetero) is 1. The first-order valence-electron chi connectivity index (χ1n) is 9.66. The first kappa shape index (κ1) is 20.2. The van der Waals surface area contributed by atoms with Gasteiger partial charge in [-0.3, -0.25) is 4.79 Å². The number of carbonyl (C=O) groups excluding carboxylic acids is 2. The number of hydrogen-bond acceptors (Lipinski definition) is 6. The highest BCUT2D eigenvalue weighted by molar-refractivity contribution is 6.12. The maximum atomic E-state index is 13.6. The van der Waals surface area contributed by atoms with Gasteiger partial charge in [0.15, 0.2) is 5.78 Å². The average molecular weight is 415 g/mol. The van der Waals surface area contributed by atoms with Crippen molar-refractivity contribution in [1.82, 2.24) is 9.97 Å². The molecule has 156 valence electrons. The Hall–Kier alpha value is -4.13. The van der Waals surface area contributed by atoms with Gasteiger partial charge in [-0.1, -0.05) is 36.4 Å². The van der Waals surface area contributed by atoms with Crippen molar-refractivity contribution in [2.45, 2.75) is 6.04 Å². The highest BCUT2D eigenvalue weighted by atomic mass is 16.5. The molecule has 2 aromatic carbocycles. The zero-order chi connectivity index (χ0) is 21.8. The highest BCUT2D eigenvalue weighted by Gasteiger charge is 2.25. The summed E-state index contributed by atoms with van der Waals surface area (Å²) < 4.78 is 9.97. The van der Waals surface area contributed by atoms with Crippen LogP contribution in [-0.2, 0) is 4.74 Å². The largest absolute Gasteiger partial charge is 0.481 e. The van der Waals surface area contributed by atoms with Crippen LogP contribution in [0, 0.1) is 0 Å². The number of hydrogen-bond donors (Lipinski definition) is 2. The van der Waals surface area contributed by atoms with E-state index in [4.69, 9.17) is 9.47 Å². The number of pyridine rings is 1. The van der Waals surface area contributed by atoms with Gasteiger partial charge >= 0.3 is 5.97 Å². The molecule has 4 rings (SSSR count). The molecule has 1 atom stereocenters. The molecule has 2 heterocycles. The van der Waals surface area contributed by atoms with Gasteiger partial charge in [0, 0.05) is 40.6 Å². The van der Waals surface area contributed by atoms with E-state index in [2.05, 4.69) is 15.3 Å². The molecular weight excluding hydrogens is 394 g/mol. The topological polar surface area (TPSA) is 93.3 Å². The summed E-state index contributed by atoms with van der Waals surface area (Å²) in [6, 6.07) is 17.5. The lowest BCUT2D eigenvalue weighted by Crippen LogP contribution is -2.21. The molecule has 0 amide bonds. The predicted molar refractivity (Wildman–Crippen MR) is 118 cm³/mol. The molecule has 7 nitrogen and oxygen atoms in total. The van der Waals surface area contributed by atoms with Crippen molar-refractivity contribution in [3.8, 4) is 5.88 Å². The van der Waals surface area contributed by atoms with Gasteiger partial charge in [-0.2, -0.15) is 0 Å². The number of aromatic nitrogens is 2. The fourth-order valence-corrected chi connectivity index (χ4v) is 3.45. The highest BCUT2D eigenvalue weighted by Crippen LogP contribution is 2.29. The minimum Gasteiger partial charge on any atom is -0.481 e. The Morgan fingerprint density at radius 2 is 1.84 bits per heavy atom. The summed E-state index contributed by atoms with van der Waals surface area (Å²) in [7, 11) is 2.88. The van der Waals surface area contributed by atoms with Gasteiger partial charge in [0.1, 0.15) is 6.04 Å². The van der Waals surface area contributed by atoms with Gasteiger partial charge in [-0.05, 0) is 23.8 Å². The Kier molecular flexibility index (Phi) is 5.66. The second-order valence-electron chi connectivity index (χ2n) is 6.89. The maximum Gasteiger partial charge on any atom is 0.337 e. The number of anilines is 1. The molecule has 31 heavy (non-hydrogen) atoms. The molecule has 2 aromatic heterocycles. The Bertz CT molecular complexity index is 1230. The van der Waals surface area contributed by atoms with E-state index in [9.17, 15) is 9.59 Å². The summed E-state index contributed by atoms with van der Waals surface area (Å²) in [5.41, 5.74) is 3.15. The average Bonchev–Trinajstić information content (AvgIpc) is 3.25. The van der Waals surface area contributed by atoms with E-state index in [1.54, 1.807) is 49.8 Å². The van der Waals surface area contributed by atoms with Crippen LogP contribution in [0.15, 0.2) is 73.1 Å². The van der Waals surface area contributed by atoms with E-state index >= 15 is 0 Å². The Balaban J connectivity index is 1.73. The van der Waals surface area contributed by atoms with E-state index < -0.39 is 12.0 Å². The lowest BCUT2D eigenvalue weighted by Gasteiger charge is -2.19. The molecule has 1 unspecified atom stereocenters. The van der Waals surface area contributed by atoms with Crippen LogP contribution in [0.2, 0.25) is 0 Å². The number of benzene rings is 2. The van der Waals surface area contributed by atoms with Crippen molar-refractivity contribution in [1.29, 1.82) is 0 Å². The van der Waals surface area contributed by atoms with Crippen LogP contribution in [0.4, 0.5) is 5.69 Å². The lowest BCUT2D eigenvalue weighted by molar-refractivity contribution is 0.0600. The number of esters is 1. The minimum absolute atomic E-state index is 0.112. The number of ketones is 1. The third kappa shape index (κ3) is 4.11. The number of ether oxygens (including phenoxy) is 2. The summed E-state index contributed by atoms with van der Waals surface area (Å²) in [6.07, 6.45) is 3.28. The second-order valence-corrected chi connectivity index (χ2v) is 6.89. The first-order chi connectivity index (χ1) is 15.1. The Morgan fingerprint density at radius 3 is 2.58 bits per heavy atom. The quantitative estimate of drug-likeness (QED) is 0.343. The first-order valence-corrected chi connectivity index (χ1v) is 9.66. The van der Waals surface area contributed by atoms with Crippen molar-refractivity contribution in [2.24, 2.45) is 0 Å². The zero-order valence-electron chi connectivity index (χ0n) is 17.1. The van der Waals surface area contributed by atoms with Crippen molar-refractivity contribution in [3.63, 3.8) is 0 Å². The van der Waals surface area contributed by atoms with Gasteiger partial charge in [0.25, 0.3) is 0 Å². The Morgan fingerprint density at radius 1 is 1.03 bits per heavy atom. The summed E-state index contributed by atoms with van der Waals surface area (Å²) in [5, 5.41) is 4.03. The molecule has 4 aromatic rings. The van der Waals surface area contributed by atoms with Crippen LogP contribution in [-0.4, -0.2) is 35.9 Å². The van der Waals surface area contributed by atoms with E-state index in [-0.39, 0.29) is 5.78 Å². The number of H-pyrrole nitrogens is 1. The molecule has 2 N–H and O–H groups in total. The van der Waals surface area contributed by atoms with Gasteiger partial charge < -0.3 is 19.8 Å². The van der Waals surface area contributed by atoms with E-state index in [1.165, 1.54) is 7.11 Å². The maximum absolute atomic E-state index is 13.6. The molecule has 0 spiro atoms. The number of fused-ring (bicyclic) bond motifs is 1. The molecule has 0 aliphatic heterocycles. The van der Waals surface area contributed by atoms with Crippen LogP contribution in [0.3, 0.4) is 0 Å². The van der Waals surface area contributed by atoms with Crippen LogP contribution >= 0.6 is 0 Å². The number of nitrogens with zero attached hydrogens (tertiary/aromatic N) is 1. The standard InChI is InChI=1S/C24H21N3O4/c1-30-21-13-17(10-11-25-21)27-22(15-6-4-3-5-7-15)23(28)19-14-26-20-12-16(24(29)31-2)8-9-18(19)20/h3-14,22,26H,1-2H3,(H,25,27). The molecule has 0 bridgehead atoms. The van der Waals surface area contributed by atoms with E-state index in [0.717, 1.165) is 10.9 Å². The van der Waals surface area contributed by atoms with Crippen molar-refractivity contribution < 1.29 is 19.1 Å². The molecule has 0 aliphatic rings. The van der Waals surface area contributed by atoms with Crippen LogP contribution in [0.5, 0.6) is 5.88 Å². The van der Waals surface area contributed by atoms with E-state index in [1.807, 2.05) is 30.3 Å². The zero-order valence-corrected chi connectivity index (χ0v) is 17.1. The van der Waals surface area contributed by atoms with Crippen molar-refractivity contribution >= 4 is 28.3 Å². The fourth-order valence-electron chi connectivity index (χ4n) is 3.45. The van der Waals surface area contributed by atoms with E-state index in [0.29, 0.717) is 28.2 Å². The number of nitrogens with one attached hydrogen (secondary N) is 2. The Labute approximate surface area is 179 Å². The summed E-state index contributed by atoms with van der Waals surface area (Å²) in [5.74, 6) is -0.0921. The predicted octanol–water partition coefficient (Wildman–Crippen LogP) is 4.39. The third-order valence-electron chi connectivity index (χ3n) is 5.02. The number of aromatic amines is 1. The third-order valence-corrected chi connectivity index (χ3v) is 5.02. The number of methoxy groups -OCH3 is 2. The SMILES string of the molecule is COC(=O)c1ccc2c(C(=O)C(Nc3ccnc(OC)c3)c3ccccc3)c[nH]c2c1. The van der Waals surface area contributed by atoms with Crippen LogP contribution in [0.1, 0.15) is 32.3 Å². The molecule has 0 radical (unpaired) electrons.